The number of ether oxygens (including phenoxy) is 2. The van der Waals surface area contributed by atoms with Gasteiger partial charge in [-0.3, -0.25) is 14.5 Å². The van der Waals surface area contributed by atoms with E-state index in [-0.39, 0.29) is 25.4 Å². The van der Waals surface area contributed by atoms with Gasteiger partial charge in [-0.1, -0.05) is 91.0 Å². The van der Waals surface area contributed by atoms with E-state index in [0.29, 0.717) is 23.7 Å². The molecule has 0 aliphatic carbocycles. The summed E-state index contributed by atoms with van der Waals surface area (Å²) in [6.07, 6.45) is -0.148. The second-order valence-corrected chi connectivity index (χ2v) is 11.0. The van der Waals surface area contributed by atoms with E-state index in [1.807, 2.05) is 66.7 Å². The Morgan fingerprint density at radius 1 is 0.543 bits per heavy atom. The number of amides is 1. The standard InChI is InChI=1S/C39H38N2O5/c42-38(43)24-25-41(30-33-16-20-37(21-17-33)46-36-14-8-3-9-15-36)39(44)34-18-22-35(23-19-34)45-27-26-40(28-31-10-4-1-5-11-31)29-32-12-6-2-7-13-32/h1-23H,24-30H2,(H,42,43). The zero-order chi connectivity index (χ0) is 32.0. The lowest BCUT2D eigenvalue weighted by Gasteiger charge is -2.23. The predicted octanol–water partition coefficient (Wildman–Crippen LogP) is 7.68. The maximum absolute atomic E-state index is 13.5. The van der Waals surface area contributed by atoms with E-state index < -0.39 is 5.97 Å². The van der Waals surface area contributed by atoms with Gasteiger partial charge in [-0.2, -0.15) is 0 Å². The van der Waals surface area contributed by atoms with E-state index in [1.165, 1.54) is 11.1 Å². The number of rotatable bonds is 16. The highest BCUT2D eigenvalue weighted by Crippen LogP contribution is 2.22. The molecule has 5 aromatic carbocycles. The number of carbonyl (C=O) groups excluding carboxylic acids is 1. The molecule has 0 saturated heterocycles. The number of hydrogen-bond acceptors (Lipinski definition) is 5. The molecule has 0 heterocycles. The Bertz CT molecular complexity index is 1600. The molecule has 0 bridgehead atoms. The van der Waals surface area contributed by atoms with Crippen LogP contribution in [0.15, 0.2) is 140 Å². The molecule has 5 rings (SSSR count). The number of hydrogen-bond donors (Lipinski definition) is 1. The molecule has 0 fully saturated rings. The van der Waals surface area contributed by atoms with Crippen molar-refractivity contribution in [2.45, 2.75) is 26.1 Å². The van der Waals surface area contributed by atoms with E-state index in [4.69, 9.17) is 9.47 Å². The van der Waals surface area contributed by atoms with Crippen molar-refractivity contribution in [1.82, 2.24) is 9.80 Å². The number of para-hydroxylation sites is 1. The molecule has 0 aliphatic heterocycles. The first kappa shape index (κ1) is 32.0. The van der Waals surface area contributed by atoms with Crippen molar-refractivity contribution in [3.8, 4) is 17.2 Å². The third-order valence-corrected chi connectivity index (χ3v) is 7.43. The van der Waals surface area contributed by atoms with Crippen molar-refractivity contribution < 1.29 is 24.2 Å². The fourth-order valence-electron chi connectivity index (χ4n) is 5.06. The summed E-state index contributed by atoms with van der Waals surface area (Å²) in [7, 11) is 0. The third-order valence-electron chi connectivity index (χ3n) is 7.43. The fraction of sp³-hybridized carbons (Fsp3) is 0.179. The van der Waals surface area contributed by atoms with Crippen molar-refractivity contribution in [3.63, 3.8) is 0 Å². The number of carboxylic acid groups (broad SMARTS) is 1. The lowest BCUT2D eigenvalue weighted by molar-refractivity contribution is -0.137. The SMILES string of the molecule is O=C(O)CCN(Cc1ccc(Oc2ccccc2)cc1)C(=O)c1ccc(OCCN(Cc2ccccc2)Cc2ccccc2)cc1. The second-order valence-electron chi connectivity index (χ2n) is 11.0. The predicted molar refractivity (Wildman–Crippen MR) is 179 cm³/mol. The van der Waals surface area contributed by atoms with Gasteiger partial charge in [-0.05, 0) is 65.2 Å². The van der Waals surface area contributed by atoms with Crippen LogP contribution in [-0.2, 0) is 24.4 Å². The molecule has 46 heavy (non-hydrogen) atoms. The summed E-state index contributed by atoms with van der Waals surface area (Å²) in [4.78, 5) is 28.8. The van der Waals surface area contributed by atoms with Gasteiger partial charge in [0.15, 0.2) is 0 Å². The summed E-state index contributed by atoms with van der Waals surface area (Å²) in [5.74, 6) is 0.882. The van der Waals surface area contributed by atoms with Crippen LogP contribution in [0, 0.1) is 0 Å². The first-order chi connectivity index (χ1) is 22.5. The summed E-state index contributed by atoms with van der Waals surface area (Å²) in [5, 5.41) is 9.31. The van der Waals surface area contributed by atoms with Crippen LogP contribution in [0.1, 0.15) is 33.5 Å². The van der Waals surface area contributed by atoms with Crippen LogP contribution in [-0.4, -0.2) is 46.5 Å². The highest BCUT2D eigenvalue weighted by atomic mass is 16.5. The van der Waals surface area contributed by atoms with Crippen molar-refractivity contribution in [1.29, 1.82) is 0 Å². The van der Waals surface area contributed by atoms with Crippen LogP contribution in [0.3, 0.4) is 0 Å². The van der Waals surface area contributed by atoms with Crippen molar-refractivity contribution in [2.24, 2.45) is 0 Å². The Morgan fingerprint density at radius 3 is 1.61 bits per heavy atom. The Hall–Kier alpha value is -5.40. The molecule has 0 aromatic heterocycles. The average molecular weight is 615 g/mol. The number of benzene rings is 5. The molecule has 0 radical (unpaired) electrons. The van der Waals surface area contributed by atoms with Gasteiger partial charge in [0.1, 0.15) is 23.9 Å². The molecule has 0 aliphatic rings. The molecule has 234 valence electrons. The van der Waals surface area contributed by atoms with Crippen LogP contribution in [0.25, 0.3) is 0 Å². The van der Waals surface area contributed by atoms with E-state index in [9.17, 15) is 14.7 Å². The van der Waals surface area contributed by atoms with E-state index in [1.54, 1.807) is 29.2 Å². The molecule has 0 unspecified atom stereocenters. The summed E-state index contributed by atoms with van der Waals surface area (Å²) in [5.41, 5.74) is 3.82. The van der Waals surface area contributed by atoms with E-state index in [2.05, 4.69) is 53.4 Å². The first-order valence-electron chi connectivity index (χ1n) is 15.4. The quantitative estimate of drug-likeness (QED) is 0.123. The highest BCUT2D eigenvalue weighted by Gasteiger charge is 2.18. The van der Waals surface area contributed by atoms with Gasteiger partial charge in [0.05, 0.1) is 6.42 Å². The van der Waals surface area contributed by atoms with Crippen molar-refractivity contribution in [3.05, 3.63) is 162 Å². The number of carbonyl (C=O) groups is 2. The summed E-state index contributed by atoms with van der Waals surface area (Å²) in [6.45, 7) is 3.19. The van der Waals surface area contributed by atoms with Crippen LogP contribution in [0.2, 0.25) is 0 Å². The second kappa shape index (κ2) is 16.6. The third kappa shape index (κ3) is 10.1. The molecule has 7 nitrogen and oxygen atoms in total. The number of carboxylic acids is 1. The van der Waals surface area contributed by atoms with E-state index in [0.717, 1.165) is 30.9 Å². The molecule has 5 aromatic rings. The highest BCUT2D eigenvalue weighted by molar-refractivity contribution is 5.94. The van der Waals surface area contributed by atoms with Crippen LogP contribution in [0.5, 0.6) is 17.2 Å². The minimum absolute atomic E-state index is 0.0906. The zero-order valence-electron chi connectivity index (χ0n) is 25.7. The van der Waals surface area contributed by atoms with Gasteiger partial charge in [0, 0.05) is 38.3 Å². The van der Waals surface area contributed by atoms with Gasteiger partial charge in [0.2, 0.25) is 0 Å². The molecule has 0 saturated carbocycles. The van der Waals surface area contributed by atoms with Gasteiger partial charge in [-0.15, -0.1) is 0 Å². The summed E-state index contributed by atoms with van der Waals surface area (Å²) >= 11 is 0. The van der Waals surface area contributed by atoms with Crippen molar-refractivity contribution in [2.75, 3.05) is 19.7 Å². The molecule has 1 amide bonds. The Balaban J connectivity index is 1.18. The van der Waals surface area contributed by atoms with Crippen LogP contribution in [0.4, 0.5) is 0 Å². The molecule has 0 spiro atoms. The topological polar surface area (TPSA) is 79.3 Å². The van der Waals surface area contributed by atoms with Crippen molar-refractivity contribution >= 4 is 11.9 Å². The smallest absolute Gasteiger partial charge is 0.305 e. The van der Waals surface area contributed by atoms with Gasteiger partial charge in [0.25, 0.3) is 5.91 Å². The fourth-order valence-corrected chi connectivity index (χ4v) is 5.06. The van der Waals surface area contributed by atoms with E-state index >= 15 is 0 Å². The normalized spacial score (nSPS) is 10.8. The zero-order valence-corrected chi connectivity index (χ0v) is 25.7. The lowest BCUT2D eigenvalue weighted by atomic mass is 10.1. The van der Waals surface area contributed by atoms with Gasteiger partial charge >= 0.3 is 5.97 Å². The first-order valence-corrected chi connectivity index (χ1v) is 15.4. The minimum atomic E-state index is -0.957. The monoisotopic (exact) mass is 614 g/mol. The summed E-state index contributed by atoms with van der Waals surface area (Å²) < 4.78 is 11.9. The molecule has 1 N–H and O–H groups in total. The Labute approximate surface area is 270 Å². The summed E-state index contributed by atoms with van der Waals surface area (Å²) in [6, 6.07) is 44.7. The van der Waals surface area contributed by atoms with Gasteiger partial charge < -0.3 is 19.5 Å². The Kier molecular flexibility index (Phi) is 11.6. The largest absolute Gasteiger partial charge is 0.492 e. The van der Waals surface area contributed by atoms with Crippen LogP contribution < -0.4 is 9.47 Å². The minimum Gasteiger partial charge on any atom is -0.492 e. The number of nitrogens with zero attached hydrogens (tertiary/aromatic N) is 2. The Morgan fingerprint density at radius 2 is 1.04 bits per heavy atom. The maximum Gasteiger partial charge on any atom is 0.305 e. The van der Waals surface area contributed by atoms with Gasteiger partial charge in [-0.25, -0.2) is 0 Å². The lowest BCUT2D eigenvalue weighted by Crippen LogP contribution is -2.32. The molecular formula is C39H38N2O5. The molecular weight excluding hydrogens is 576 g/mol. The number of aliphatic carboxylic acids is 1. The van der Waals surface area contributed by atoms with Crippen LogP contribution >= 0.6 is 0 Å². The molecule has 0 atom stereocenters. The maximum atomic E-state index is 13.5. The molecule has 7 heteroatoms. The average Bonchev–Trinajstić information content (AvgIpc) is 3.09.